The summed E-state index contributed by atoms with van der Waals surface area (Å²) >= 11 is 5.09. The fourth-order valence-electron chi connectivity index (χ4n) is 4.29. The van der Waals surface area contributed by atoms with E-state index in [1.165, 1.54) is 18.1 Å². The second-order valence-corrected chi connectivity index (χ2v) is 10.4. The van der Waals surface area contributed by atoms with Crippen LogP contribution < -0.4 is 20.5 Å². The molecule has 1 aromatic carbocycles. The fraction of sp³-hybridized carbons (Fsp3) is 0.409. The topological polar surface area (TPSA) is 158 Å². The van der Waals surface area contributed by atoms with Gasteiger partial charge >= 0.3 is 12.0 Å². The standard InChI is InChI=1S/C22H24BrN7O5S/c23-13-7-14-15(35-11-34-14)8-16(13)36-22-28-18-19(24)26-10-27-20(18)30(22)6-3-12-1-4-29(5-2-12)21(33)25-9-17(31)32/h7-8,10,12H,1-6,9,11H2,(H,25,33)(H,31,32)(H2,24,26,27). The number of ether oxygens (including phenoxy) is 2. The van der Waals surface area contributed by atoms with Gasteiger partial charge < -0.3 is 35.1 Å². The van der Waals surface area contributed by atoms with Crippen LogP contribution in [0.5, 0.6) is 11.5 Å². The van der Waals surface area contributed by atoms with E-state index in [2.05, 4.69) is 35.8 Å². The number of carbonyl (C=O) groups excluding carboxylic acids is 1. The summed E-state index contributed by atoms with van der Waals surface area (Å²) in [5, 5.41) is 11.9. The first-order chi connectivity index (χ1) is 17.4. The Morgan fingerprint density at radius 3 is 2.72 bits per heavy atom. The largest absolute Gasteiger partial charge is 0.480 e. The molecule has 2 aliphatic heterocycles. The first kappa shape index (κ1) is 24.4. The van der Waals surface area contributed by atoms with Crippen molar-refractivity contribution in [2.75, 3.05) is 32.2 Å². The monoisotopic (exact) mass is 577 g/mol. The lowest BCUT2D eigenvalue weighted by Gasteiger charge is -2.32. The molecule has 5 rings (SSSR count). The van der Waals surface area contributed by atoms with E-state index in [4.69, 9.17) is 25.3 Å². The summed E-state index contributed by atoms with van der Waals surface area (Å²) in [4.78, 5) is 38.7. The van der Waals surface area contributed by atoms with Crippen LogP contribution in [0.1, 0.15) is 19.3 Å². The lowest BCUT2D eigenvalue weighted by molar-refractivity contribution is -0.135. The second kappa shape index (κ2) is 10.4. The minimum Gasteiger partial charge on any atom is -0.480 e. The molecule has 1 fully saturated rings. The summed E-state index contributed by atoms with van der Waals surface area (Å²) < 4.78 is 13.9. The highest BCUT2D eigenvalue weighted by Gasteiger charge is 2.25. The first-order valence-corrected chi connectivity index (χ1v) is 13.0. The number of anilines is 1. The highest BCUT2D eigenvalue weighted by Crippen LogP contribution is 2.43. The minimum atomic E-state index is -1.06. The summed E-state index contributed by atoms with van der Waals surface area (Å²) in [5.41, 5.74) is 7.33. The molecule has 0 bridgehead atoms. The van der Waals surface area contributed by atoms with Gasteiger partial charge in [0.15, 0.2) is 33.6 Å². The van der Waals surface area contributed by atoms with Gasteiger partial charge in [-0.25, -0.2) is 19.7 Å². The van der Waals surface area contributed by atoms with Crippen molar-refractivity contribution < 1.29 is 24.2 Å². The molecular weight excluding hydrogens is 554 g/mol. The average molecular weight is 578 g/mol. The number of likely N-dealkylation sites (tertiary alicyclic amines) is 1. The van der Waals surface area contributed by atoms with E-state index in [-0.39, 0.29) is 19.4 Å². The number of nitrogens with one attached hydrogen (secondary N) is 1. The van der Waals surface area contributed by atoms with Crippen molar-refractivity contribution in [3.05, 3.63) is 22.9 Å². The lowest BCUT2D eigenvalue weighted by Crippen LogP contribution is -2.45. The van der Waals surface area contributed by atoms with E-state index in [1.807, 2.05) is 12.1 Å². The Kier molecular flexibility index (Phi) is 7.05. The third-order valence-electron chi connectivity index (χ3n) is 6.21. The zero-order valence-electron chi connectivity index (χ0n) is 19.1. The number of urea groups is 1. The summed E-state index contributed by atoms with van der Waals surface area (Å²) in [5.74, 6) is 1.04. The Hall–Kier alpha value is -3.26. The van der Waals surface area contributed by atoms with E-state index in [0.717, 1.165) is 33.8 Å². The van der Waals surface area contributed by atoms with Crippen molar-refractivity contribution in [1.82, 2.24) is 29.7 Å². The van der Waals surface area contributed by atoms with E-state index in [0.29, 0.717) is 54.0 Å². The number of aromatic nitrogens is 4. The van der Waals surface area contributed by atoms with Crippen LogP contribution in [-0.4, -0.2) is 68.0 Å². The van der Waals surface area contributed by atoms with Crippen LogP contribution in [0.2, 0.25) is 0 Å². The normalized spacial score (nSPS) is 15.4. The van der Waals surface area contributed by atoms with Crippen LogP contribution in [0.15, 0.2) is 33.0 Å². The molecule has 4 N–H and O–H groups in total. The molecule has 1 saturated heterocycles. The summed E-state index contributed by atoms with van der Waals surface area (Å²) in [6.45, 7) is 1.66. The number of aliphatic carboxylic acids is 1. The van der Waals surface area contributed by atoms with Crippen LogP contribution in [0.25, 0.3) is 11.2 Å². The van der Waals surface area contributed by atoms with Crippen molar-refractivity contribution in [2.45, 2.75) is 35.9 Å². The molecule has 2 amide bonds. The molecule has 0 atom stereocenters. The molecule has 14 heteroatoms. The molecule has 2 aromatic heterocycles. The number of hydrogen-bond acceptors (Lipinski definition) is 9. The highest BCUT2D eigenvalue weighted by molar-refractivity contribution is 9.10. The number of nitrogen functional groups attached to an aromatic ring is 1. The molecule has 12 nitrogen and oxygen atoms in total. The zero-order chi connectivity index (χ0) is 25.2. The number of nitrogens with zero attached hydrogens (tertiary/aromatic N) is 5. The first-order valence-electron chi connectivity index (χ1n) is 11.4. The van der Waals surface area contributed by atoms with Crippen molar-refractivity contribution >= 4 is 56.7 Å². The van der Waals surface area contributed by atoms with Crippen LogP contribution in [0.4, 0.5) is 10.6 Å². The SMILES string of the molecule is Nc1ncnc2c1nc(Sc1cc3c(cc1Br)OCO3)n2CCC1CCN(C(=O)NCC(=O)O)CC1. The number of fused-ring (bicyclic) bond motifs is 2. The average Bonchev–Trinajstić information content (AvgIpc) is 3.46. The van der Waals surface area contributed by atoms with Gasteiger partial charge in [-0.05, 0) is 53.2 Å². The van der Waals surface area contributed by atoms with Gasteiger partial charge in [-0.3, -0.25) is 4.79 Å². The van der Waals surface area contributed by atoms with Crippen molar-refractivity contribution in [2.24, 2.45) is 5.92 Å². The van der Waals surface area contributed by atoms with Crippen molar-refractivity contribution in [3.63, 3.8) is 0 Å². The molecular formula is C22H24BrN7O5S. The molecule has 0 unspecified atom stereocenters. The maximum atomic E-state index is 12.1. The maximum absolute atomic E-state index is 12.1. The zero-order valence-corrected chi connectivity index (χ0v) is 21.5. The summed E-state index contributed by atoms with van der Waals surface area (Å²) in [6, 6.07) is 3.46. The predicted octanol–water partition coefficient (Wildman–Crippen LogP) is 2.95. The number of carboxylic acid groups (broad SMARTS) is 1. The summed E-state index contributed by atoms with van der Waals surface area (Å²) in [6.07, 6.45) is 3.98. The Bertz CT molecular complexity index is 1310. The predicted molar refractivity (Wildman–Crippen MR) is 134 cm³/mol. The Morgan fingerprint density at radius 1 is 1.22 bits per heavy atom. The Labute approximate surface area is 218 Å². The number of nitrogens with two attached hydrogens (primary N) is 1. The number of piperidine rings is 1. The van der Waals surface area contributed by atoms with E-state index < -0.39 is 5.97 Å². The van der Waals surface area contributed by atoms with Gasteiger partial charge in [-0.2, -0.15) is 0 Å². The van der Waals surface area contributed by atoms with Gasteiger partial charge in [0, 0.05) is 29.0 Å². The molecule has 2 aliphatic rings. The van der Waals surface area contributed by atoms with Gasteiger partial charge in [0.05, 0.1) is 0 Å². The van der Waals surface area contributed by atoms with Crippen LogP contribution in [-0.2, 0) is 11.3 Å². The maximum Gasteiger partial charge on any atom is 0.323 e. The van der Waals surface area contributed by atoms with Gasteiger partial charge in [0.2, 0.25) is 6.79 Å². The number of carbonyl (C=O) groups is 2. The molecule has 190 valence electrons. The minimum absolute atomic E-state index is 0.195. The lowest BCUT2D eigenvalue weighted by atomic mass is 9.93. The Morgan fingerprint density at radius 2 is 1.97 bits per heavy atom. The third kappa shape index (κ3) is 5.14. The van der Waals surface area contributed by atoms with Gasteiger partial charge in [-0.1, -0.05) is 11.8 Å². The quantitative estimate of drug-likeness (QED) is 0.381. The molecule has 3 aromatic rings. The molecule has 4 heterocycles. The molecule has 0 spiro atoms. The molecule has 0 radical (unpaired) electrons. The Balaban J connectivity index is 1.30. The van der Waals surface area contributed by atoms with Crippen LogP contribution in [0, 0.1) is 5.92 Å². The van der Waals surface area contributed by atoms with Gasteiger partial charge in [-0.15, -0.1) is 0 Å². The van der Waals surface area contributed by atoms with Crippen LogP contribution in [0.3, 0.4) is 0 Å². The second-order valence-electron chi connectivity index (χ2n) is 8.49. The van der Waals surface area contributed by atoms with Crippen LogP contribution >= 0.6 is 27.7 Å². The van der Waals surface area contributed by atoms with Crippen molar-refractivity contribution in [1.29, 1.82) is 0 Å². The number of carboxylic acids is 1. The fourth-order valence-corrected chi connectivity index (χ4v) is 5.80. The molecule has 0 saturated carbocycles. The number of halogens is 1. The molecule has 0 aliphatic carbocycles. The molecule has 36 heavy (non-hydrogen) atoms. The number of benzene rings is 1. The summed E-state index contributed by atoms with van der Waals surface area (Å²) in [7, 11) is 0. The number of aryl methyl sites for hydroxylation is 1. The third-order valence-corrected chi connectivity index (χ3v) is 8.18. The number of amides is 2. The van der Waals surface area contributed by atoms with Gasteiger partial charge in [0.25, 0.3) is 0 Å². The number of hydrogen-bond donors (Lipinski definition) is 3. The number of rotatable bonds is 7. The highest BCUT2D eigenvalue weighted by atomic mass is 79.9. The van der Waals surface area contributed by atoms with E-state index in [9.17, 15) is 9.59 Å². The van der Waals surface area contributed by atoms with Crippen molar-refractivity contribution in [3.8, 4) is 11.5 Å². The van der Waals surface area contributed by atoms with Gasteiger partial charge in [0.1, 0.15) is 12.9 Å². The number of imidazole rings is 1. The smallest absolute Gasteiger partial charge is 0.323 e. The van der Waals surface area contributed by atoms with E-state index >= 15 is 0 Å². The van der Waals surface area contributed by atoms with E-state index in [1.54, 1.807) is 4.90 Å².